The first-order valence-corrected chi connectivity index (χ1v) is 9.85. The fourth-order valence-corrected chi connectivity index (χ4v) is 2.80. The van der Waals surface area contributed by atoms with Gasteiger partial charge in [-0.1, -0.05) is 12.1 Å². The number of hydrogen-bond donors (Lipinski definition) is 1. The molecular formula is C19H18FN3O3S. The third-order valence-electron chi connectivity index (χ3n) is 3.86. The minimum atomic E-state index is -0.946. The normalized spacial score (nSPS) is 11.9. The number of hydrogen-bond acceptors (Lipinski definition) is 5. The second-order valence-electron chi connectivity index (χ2n) is 5.81. The molecule has 0 aliphatic carbocycles. The maximum Gasteiger partial charge on any atom is 0.198 e. The number of ether oxygens (including phenoxy) is 1. The summed E-state index contributed by atoms with van der Waals surface area (Å²) in [5.41, 5.74) is 7.28. The second kappa shape index (κ2) is 8.13. The van der Waals surface area contributed by atoms with Crippen LogP contribution in [0.25, 0.3) is 5.69 Å². The Morgan fingerprint density at radius 1 is 1.26 bits per heavy atom. The van der Waals surface area contributed by atoms with Gasteiger partial charge in [0.05, 0.1) is 29.8 Å². The molecule has 0 fully saturated rings. The highest BCUT2D eigenvalue weighted by molar-refractivity contribution is 7.84. The average Bonchev–Trinajstić information content (AvgIpc) is 3.03. The molecule has 6 nitrogen and oxygen atoms in total. The van der Waals surface area contributed by atoms with Gasteiger partial charge in [0.2, 0.25) is 0 Å². The smallest absolute Gasteiger partial charge is 0.198 e. The van der Waals surface area contributed by atoms with Crippen LogP contribution in [-0.4, -0.2) is 38.4 Å². The summed E-state index contributed by atoms with van der Waals surface area (Å²) in [7, 11) is -0.946. The van der Waals surface area contributed by atoms with Crippen LogP contribution in [0.2, 0.25) is 0 Å². The van der Waals surface area contributed by atoms with E-state index in [4.69, 9.17) is 10.5 Å². The summed E-state index contributed by atoms with van der Waals surface area (Å²) in [6, 6.07) is 12.3. The van der Waals surface area contributed by atoms with Crippen LogP contribution < -0.4 is 10.5 Å². The van der Waals surface area contributed by atoms with Crippen molar-refractivity contribution in [1.29, 1.82) is 0 Å². The third-order valence-corrected chi connectivity index (χ3v) is 4.60. The Kier molecular flexibility index (Phi) is 5.66. The van der Waals surface area contributed by atoms with Crippen LogP contribution in [0.5, 0.6) is 5.75 Å². The minimum Gasteiger partial charge on any atom is -0.493 e. The zero-order chi connectivity index (χ0) is 19.4. The molecule has 1 aromatic heterocycles. The van der Waals surface area contributed by atoms with Crippen molar-refractivity contribution in [3.8, 4) is 11.4 Å². The van der Waals surface area contributed by atoms with Crippen LogP contribution in [0.4, 0.5) is 10.2 Å². The first kappa shape index (κ1) is 18.8. The van der Waals surface area contributed by atoms with Crippen molar-refractivity contribution in [2.75, 3.05) is 24.3 Å². The molecule has 0 aliphatic heterocycles. The zero-order valence-electron chi connectivity index (χ0n) is 14.6. The van der Waals surface area contributed by atoms with Gasteiger partial charge < -0.3 is 10.5 Å². The monoisotopic (exact) mass is 387 g/mol. The summed E-state index contributed by atoms with van der Waals surface area (Å²) in [5.74, 6) is 0.417. The van der Waals surface area contributed by atoms with Crippen molar-refractivity contribution < 1.29 is 18.1 Å². The van der Waals surface area contributed by atoms with Crippen LogP contribution in [0, 0.1) is 5.82 Å². The van der Waals surface area contributed by atoms with Crippen LogP contribution in [0.15, 0.2) is 54.7 Å². The number of benzene rings is 2. The molecule has 140 valence electrons. The Balaban J connectivity index is 1.82. The standard InChI is InChI=1S/C19H18FN3O3S/c1-27(25)10-9-26-16-4-2-3-13(11-16)18(24)17-12-22-23(19(17)21)15-7-5-14(20)6-8-15/h2-8,11-12H,9-10,21H2,1H3. The minimum absolute atomic E-state index is 0.166. The summed E-state index contributed by atoms with van der Waals surface area (Å²) in [6.07, 6.45) is 2.99. The summed E-state index contributed by atoms with van der Waals surface area (Å²) in [6.45, 7) is 0.297. The number of carbonyl (C=O) groups is 1. The number of nitrogens with two attached hydrogens (primary N) is 1. The number of ketones is 1. The molecule has 0 aliphatic rings. The maximum absolute atomic E-state index is 13.1. The van der Waals surface area contributed by atoms with Gasteiger partial charge in [0.1, 0.15) is 17.4 Å². The molecule has 27 heavy (non-hydrogen) atoms. The molecule has 0 spiro atoms. The van der Waals surface area contributed by atoms with E-state index in [-0.39, 0.29) is 23.0 Å². The molecule has 3 aromatic rings. The highest BCUT2D eigenvalue weighted by Gasteiger charge is 2.18. The highest BCUT2D eigenvalue weighted by atomic mass is 32.2. The van der Waals surface area contributed by atoms with E-state index in [0.29, 0.717) is 29.4 Å². The maximum atomic E-state index is 13.1. The van der Waals surface area contributed by atoms with E-state index >= 15 is 0 Å². The summed E-state index contributed by atoms with van der Waals surface area (Å²) in [5, 5.41) is 4.14. The molecule has 0 radical (unpaired) electrons. The first-order valence-electron chi connectivity index (χ1n) is 8.12. The Hall–Kier alpha value is -3.00. The molecule has 2 N–H and O–H groups in total. The number of nitrogens with zero attached hydrogens (tertiary/aromatic N) is 2. The third kappa shape index (κ3) is 4.40. The van der Waals surface area contributed by atoms with E-state index in [0.717, 1.165) is 0 Å². The van der Waals surface area contributed by atoms with Crippen molar-refractivity contribution in [3.63, 3.8) is 0 Å². The Morgan fingerprint density at radius 3 is 2.70 bits per heavy atom. The van der Waals surface area contributed by atoms with Crippen molar-refractivity contribution in [3.05, 3.63) is 71.7 Å². The predicted octanol–water partition coefficient (Wildman–Crippen LogP) is 2.58. The summed E-state index contributed by atoms with van der Waals surface area (Å²) in [4.78, 5) is 12.8. The fourth-order valence-electron chi connectivity index (χ4n) is 2.48. The van der Waals surface area contributed by atoms with E-state index in [1.165, 1.54) is 35.1 Å². The van der Waals surface area contributed by atoms with Gasteiger partial charge in [0.15, 0.2) is 5.78 Å². The van der Waals surface area contributed by atoms with Gasteiger partial charge in [0, 0.05) is 22.6 Å². The fraction of sp³-hybridized carbons (Fsp3) is 0.158. The van der Waals surface area contributed by atoms with E-state index < -0.39 is 10.8 Å². The Bertz CT molecular complexity index is 986. The Morgan fingerprint density at radius 2 is 2.00 bits per heavy atom. The largest absolute Gasteiger partial charge is 0.493 e. The molecule has 0 bridgehead atoms. The Labute approximate surface area is 158 Å². The lowest BCUT2D eigenvalue weighted by Gasteiger charge is -2.07. The van der Waals surface area contributed by atoms with Gasteiger partial charge in [-0.15, -0.1) is 0 Å². The van der Waals surface area contributed by atoms with Crippen molar-refractivity contribution >= 4 is 22.4 Å². The summed E-state index contributed by atoms with van der Waals surface area (Å²) < 4.78 is 31.1. The van der Waals surface area contributed by atoms with E-state index in [2.05, 4.69) is 5.10 Å². The van der Waals surface area contributed by atoms with Gasteiger partial charge in [-0.25, -0.2) is 9.07 Å². The van der Waals surface area contributed by atoms with Gasteiger partial charge in [0.25, 0.3) is 0 Å². The highest BCUT2D eigenvalue weighted by Crippen LogP contribution is 2.22. The van der Waals surface area contributed by atoms with Gasteiger partial charge in [-0.05, 0) is 36.4 Å². The number of carbonyl (C=O) groups excluding carboxylic acids is 1. The molecule has 0 amide bonds. The lowest BCUT2D eigenvalue weighted by molar-refractivity contribution is 0.103. The molecule has 1 atom stereocenters. The number of rotatable bonds is 7. The molecule has 2 aromatic carbocycles. The molecule has 1 heterocycles. The quantitative estimate of drug-likeness (QED) is 0.630. The van der Waals surface area contributed by atoms with E-state index in [9.17, 15) is 13.4 Å². The second-order valence-corrected chi connectivity index (χ2v) is 7.37. The molecule has 0 saturated carbocycles. The van der Waals surface area contributed by atoms with Gasteiger partial charge >= 0.3 is 0 Å². The zero-order valence-corrected chi connectivity index (χ0v) is 15.4. The van der Waals surface area contributed by atoms with Gasteiger partial charge in [-0.2, -0.15) is 5.10 Å². The molecular weight excluding hydrogens is 369 g/mol. The van der Waals surface area contributed by atoms with E-state index in [1.807, 2.05) is 0 Å². The van der Waals surface area contributed by atoms with E-state index in [1.54, 1.807) is 30.5 Å². The molecule has 3 rings (SSSR count). The first-order chi connectivity index (χ1) is 13.0. The number of aromatic nitrogens is 2. The van der Waals surface area contributed by atoms with Gasteiger partial charge in [-0.3, -0.25) is 9.00 Å². The SMILES string of the molecule is CS(=O)CCOc1cccc(C(=O)c2cnn(-c3ccc(F)cc3)c2N)c1. The lowest BCUT2D eigenvalue weighted by atomic mass is 10.1. The van der Waals surface area contributed by atoms with Crippen LogP contribution in [-0.2, 0) is 10.8 Å². The van der Waals surface area contributed by atoms with Crippen LogP contribution in [0.1, 0.15) is 15.9 Å². The molecule has 8 heteroatoms. The molecule has 0 saturated heterocycles. The predicted molar refractivity (Wildman–Crippen MR) is 102 cm³/mol. The van der Waals surface area contributed by atoms with Crippen molar-refractivity contribution in [2.24, 2.45) is 0 Å². The number of anilines is 1. The molecule has 1 unspecified atom stereocenters. The van der Waals surface area contributed by atoms with Crippen LogP contribution in [0.3, 0.4) is 0 Å². The van der Waals surface area contributed by atoms with Crippen LogP contribution >= 0.6 is 0 Å². The lowest BCUT2D eigenvalue weighted by Crippen LogP contribution is -2.09. The number of nitrogen functional groups attached to an aromatic ring is 1. The summed E-state index contributed by atoms with van der Waals surface area (Å²) >= 11 is 0. The van der Waals surface area contributed by atoms with Crippen molar-refractivity contribution in [1.82, 2.24) is 9.78 Å². The van der Waals surface area contributed by atoms with Crippen molar-refractivity contribution in [2.45, 2.75) is 0 Å². The average molecular weight is 387 g/mol. The number of halogens is 1. The topological polar surface area (TPSA) is 87.2 Å².